The predicted octanol–water partition coefficient (Wildman–Crippen LogP) is 17.3. The lowest BCUT2D eigenvalue weighted by Crippen LogP contribution is -2.60. The Kier molecular flexibility index (Phi) is 10.6. The topological polar surface area (TPSA) is 28.9 Å². The Morgan fingerprint density at radius 1 is 0.479 bits per heavy atom. The summed E-state index contributed by atoms with van der Waals surface area (Å²) in [7, 11) is 0. The second kappa shape index (κ2) is 16.0. The highest BCUT2D eigenvalue weighted by atomic mass is 16.4. The van der Waals surface area contributed by atoms with Gasteiger partial charge in [0.15, 0.2) is 5.69 Å². The van der Waals surface area contributed by atoms with Gasteiger partial charge < -0.3 is 13.9 Å². The molecule has 0 amide bonds. The van der Waals surface area contributed by atoms with Crippen molar-refractivity contribution in [1.82, 2.24) is 4.57 Å². The zero-order valence-electron chi connectivity index (χ0n) is 46.3. The molecule has 0 fully saturated rings. The van der Waals surface area contributed by atoms with Gasteiger partial charge >= 0.3 is 0 Å². The Balaban J connectivity index is 1.34. The molecule has 11 rings (SSSR count). The lowest BCUT2D eigenvalue weighted by atomic mass is 9.33. The van der Waals surface area contributed by atoms with E-state index >= 15 is 0 Å². The van der Waals surface area contributed by atoms with Crippen molar-refractivity contribution in [2.45, 2.75) is 145 Å². The number of furan rings is 1. The molecule has 4 heterocycles. The van der Waals surface area contributed by atoms with Gasteiger partial charge in [-0.15, -0.1) is 0 Å². The number of hydrogen-bond acceptors (Lipinski definition) is 3. The summed E-state index contributed by atoms with van der Waals surface area (Å²) >= 11 is 0. The summed E-state index contributed by atoms with van der Waals surface area (Å²) in [5, 5.41) is 3.50. The fourth-order valence-electron chi connectivity index (χ4n) is 11.8. The molecule has 2 aliphatic rings. The first-order chi connectivity index (χ1) is 34.1. The largest absolute Gasteiger partial charge is 0.440 e. The van der Waals surface area contributed by atoms with Gasteiger partial charge in [-0.1, -0.05) is 158 Å². The molecule has 0 bridgehead atoms. The second-order valence-corrected chi connectivity index (χ2v) is 26.4. The van der Waals surface area contributed by atoms with Crippen molar-refractivity contribution in [1.29, 1.82) is 0 Å². The van der Waals surface area contributed by atoms with Crippen molar-refractivity contribution in [2.75, 3.05) is 9.80 Å². The van der Waals surface area contributed by atoms with Crippen LogP contribution in [0.2, 0.25) is 0 Å². The summed E-state index contributed by atoms with van der Waals surface area (Å²) < 4.78 is 9.97. The van der Waals surface area contributed by atoms with Gasteiger partial charge in [-0.3, -0.25) is 4.90 Å². The molecule has 9 aromatic rings. The van der Waals surface area contributed by atoms with Gasteiger partial charge in [0.1, 0.15) is 5.58 Å². The van der Waals surface area contributed by atoms with E-state index in [-0.39, 0.29) is 33.8 Å². The molecule has 0 atom stereocenters. The highest BCUT2D eigenvalue weighted by molar-refractivity contribution is 7.01. The van der Waals surface area contributed by atoms with E-state index in [0.29, 0.717) is 5.69 Å². The first-order valence-electron chi connectivity index (χ1n) is 26.3. The molecule has 0 N–H and O–H groups in total. The van der Waals surface area contributed by atoms with E-state index in [2.05, 4.69) is 246 Å². The maximum Gasteiger partial charge on any atom is 0.257 e. The molecular weight excluding hydrogens is 888 g/mol. The van der Waals surface area contributed by atoms with Gasteiger partial charge in [-0.25, -0.2) is 4.85 Å². The summed E-state index contributed by atoms with van der Waals surface area (Å²) in [6.07, 6.45) is 0. The van der Waals surface area contributed by atoms with Crippen LogP contribution in [0.5, 0.6) is 0 Å². The standard InChI is InChI=1S/C67H71BN4O/c1-39-31-44(66(12,13)14)32-40(2)60(39)72-56-38-49(70(47-25-19-41(20-26-47)63(3,4)5)48-27-21-42(22-28-48)64(6,7)8)37-55-59(56)68(58-52-36-46(69-18)24-30-57(52)73-62(58)72)53-35-45(67(15,16)17)34-51-50-33-43(65(9,10)11)23-29-54(50)71(55)61(51)53/h19-38H,1-17H3. The van der Waals surface area contributed by atoms with Crippen LogP contribution < -0.4 is 26.2 Å². The highest BCUT2D eigenvalue weighted by Crippen LogP contribution is 2.50. The fourth-order valence-corrected chi connectivity index (χ4v) is 11.8. The van der Waals surface area contributed by atoms with E-state index in [9.17, 15) is 0 Å². The van der Waals surface area contributed by atoms with Crippen molar-refractivity contribution in [2.24, 2.45) is 0 Å². The lowest BCUT2D eigenvalue weighted by molar-refractivity contribution is 0.589. The Bertz CT molecular complexity index is 3700. The van der Waals surface area contributed by atoms with E-state index in [0.717, 1.165) is 56.4 Å². The lowest BCUT2D eigenvalue weighted by Gasteiger charge is -2.40. The van der Waals surface area contributed by atoms with E-state index in [1.165, 1.54) is 71.7 Å². The van der Waals surface area contributed by atoms with Crippen LogP contribution in [0.1, 0.15) is 143 Å². The summed E-state index contributed by atoms with van der Waals surface area (Å²) in [6.45, 7) is 47.1. The molecule has 2 aromatic heterocycles. The minimum absolute atomic E-state index is 0.00472. The summed E-state index contributed by atoms with van der Waals surface area (Å²) in [4.78, 5) is 8.91. The van der Waals surface area contributed by atoms with Gasteiger partial charge in [-0.05, 0) is 158 Å². The van der Waals surface area contributed by atoms with Gasteiger partial charge in [0, 0.05) is 49.9 Å². The van der Waals surface area contributed by atoms with Crippen LogP contribution in [0.3, 0.4) is 0 Å². The van der Waals surface area contributed by atoms with Crippen molar-refractivity contribution >= 4 is 95.9 Å². The van der Waals surface area contributed by atoms with Crippen molar-refractivity contribution in [3.05, 3.63) is 172 Å². The number of aromatic nitrogens is 1. The Labute approximate surface area is 434 Å². The van der Waals surface area contributed by atoms with Crippen molar-refractivity contribution in [3.8, 4) is 5.69 Å². The minimum atomic E-state index is -0.212. The molecule has 2 aliphatic heterocycles. The maximum atomic E-state index is 8.25. The Morgan fingerprint density at radius 3 is 1.52 bits per heavy atom. The average molecular weight is 959 g/mol. The third-order valence-electron chi connectivity index (χ3n) is 16.0. The van der Waals surface area contributed by atoms with Crippen molar-refractivity contribution < 1.29 is 4.42 Å². The van der Waals surface area contributed by atoms with Crippen LogP contribution in [0.4, 0.5) is 40.0 Å². The van der Waals surface area contributed by atoms with Crippen LogP contribution in [0.15, 0.2) is 126 Å². The minimum Gasteiger partial charge on any atom is -0.440 e. The molecule has 73 heavy (non-hydrogen) atoms. The number of rotatable bonds is 4. The molecular formula is C67H71BN4O. The fraction of sp³-hybridized carbons (Fsp3) is 0.328. The van der Waals surface area contributed by atoms with Crippen LogP contribution in [0.25, 0.3) is 43.3 Å². The number of anilines is 6. The second-order valence-electron chi connectivity index (χ2n) is 26.4. The highest BCUT2D eigenvalue weighted by Gasteiger charge is 2.47. The van der Waals surface area contributed by atoms with Crippen LogP contribution in [-0.4, -0.2) is 11.3 Å². The summed E-state index contributed by atoms with van der Waals surface area (Å²) in [5.41, 5.74) is 22.6. The van der Waals surface area contributed by atoms with Gasteiger partial charge in [0.2, 0.25) is 5.88 Å². The third-order valence-corrected chi connectivity index (χ3v) is 16.0. The smallest absolute Gasteiger partial charge is 0.257 e. The molecule has 0 spiro atoms. The molecule has 7 aromatic carbocycles. The predicted molar refractivity (Wildman–Crippen MR) is 314 cm³/mol. The summed E-state index contributed by atoms with van der Waals surface area (Å²) in [6, 6.07) is 46.2. The van der Waals surface area contributed by atoms with Gasteiger partial charge in [0.05, 0.1) is 23.5 Å². The first kappa shape index (κ1) is 48.3. The van der Waals surface area contributed by atoms with E-state index < -0.39 is 0 Å². The number of benzene rings is 7. The Hall–Kier alpha value is -6.97. The number of aryl methyl sites for hydroxylation is 2. The van der Waals surface area contributed by atoms with E-state index in [4.69, 9.17) is 11.0 Å². The van der Waals surface area contributed by atoms with E-state index in [1.54, 1.807) is 0 Å². The maximum absolute atomic E-state index is 8.25. The first-order valence-corrected chi connectivity index (χ1v) is 26.3. The molecule has 6 heteroatoms. The molecule has 5 nitrogen and oxygen atoms in total. The van der Waals surface area contributed by atoms with Gasteiger partial charge in [-0.2, -0.15) is 0 Å². The van der Waals surface area contributed by atoms with Gasteiger partial charge in [0.25, 0.3) is 6.71 Å². The zero-order valence-corrected chi connectivity index (χ0v) is 46.3. The Morgan fingerprint density at radius 2 is 0.986 bits per heavy atom. The van der Waals surface area contributed by atoms with E-state index in [1.807, 2.05) is 12.1 Å². The quantitative estimate of drug-likeness (QED) is 0.130. The number of nitrogens with zero attached hydrogens (tertiary/aromatic N) is 4. The number of fused-ring (bicyclic) bond motifs is 9. The molecule has 0 radical (unpaired) electrons. The van der Waals surface area contributed by atoms with Crippen LogP contribution in [-0.2, 0) is 27.1 Å². The molecule has 0 unspecified atom stereocenters. The monoisotopic (exact) mass is 959 g/mol. The summed E-state index contributed by atoms with van der Waals surface area (Å²) in [5.74, 6) is 0.803. The average Bonchev–Trinajstić information content (AvgIpc) is 3.85. The van der Waals surface area contributed by atoms with Crippen molar-refractivity contribution in [3.63, 3.8) is 0 Å². The van der Waals surface area contributed by atoms with Crippen LogP contribution >= 0.6 is 0 Å². The number of hydrogen-bond donors (Lipinski definition) is 0. The zero-order chi connectivity index (χ0) is 52.2. The molecule has 0 saturated carbocycles. The molecule has 0 aliphatic carbocycles. The third kappa shape index (κ3) is 7.71. The van der Waals surface area contributed by atoms with Crippen LogP contribution in [0, 0.1) is 20.4 Å². The molecule has 0 saturated heterocycles. The molecule has 368 valence electrons. The SMILES string of the molecule is [C-]#[N+]c1ccc2oc3c(c2c1)B1c2c(cc(N(c4ccc(C(C)(C)C)cc4)c4ccc(C(C)(C)C)cc4)cc2-n2c4ccc(C(C)(C)C)cc4c4cc(C(C)(C)C)cc1c42)N3c1c(C)cc(C(C)(C)C)cc1C. The normalized spacial score (nSPS) is 13.8.